The van der Waals surface area contributed by atoms with E-state index in [1.165, 1.54) is 16.7 Å². The van der Waals surface area contributed by atoms with Crippen LogP contribution in [0.5, 0.6) is 0 Å². The molecule has 0 aromatic heterocycles. The van der Waals surface area contributed by atoms with Gasteiger partial charge in [0.2, 0.25) is 0 Å². The number of anilines is 1. The Morgan fingerprint density at radius 2 is 1.32 bits per heavy atom. The fourth-order valence-electron chi connectivity index (χ4n) is 2.52. The topological polar surface area (TPSA) is 50.1 Å². The Morgan fingerprint density at radius 3 is 1.84 bits per heavy atom. The molecule has 0 radical (unpaired) electrons. The van der Waals surface area contributed by atoms with Crippen LogP contribution in [-0.2, 0) is 0 Å². The molecule has 2 unspecified atom stereocenters. The Hall–Kier alpha value is -1.84. The number of benzene rings is 2. The Labute approximate surface area is 113 Å². The molecule has 4 N–H and O–H groups in total. The number of hydrogen-bond acceptors (Lipinski definition) is 3. The van der Waals surface area contributed by atoms with Gasteiger partial charge >= 0.3 is 0 Å². The van der Waals surface area contributed by atoms with Crippen molar-refractivity contribution in [3.8, 4) is 0 Å². The molecule has 3 heteroatoms. The molecule has 1 heterocycles. The van der Waals surface area contributed by atoms with Gasteiger partial charge in [0.15, 0.2) is 0 Å². The van der Waals surface area contributed by atoms with E-state index in [1.54, 1.807) is 0 Å². The van der Waals surface area contributed by atoms with Crippen molar-refractivity contribution in [2.75, 3.05) is 5.73 Å². The van der Waals surface area contributed by atoms with E-state index >= 15 is 0 Å². The molecule has 1 aliphatic heterocycles. The smallest absolute Gasteiger partial charge is 0.0481 e. The summed E-state index contributed by atoms with van der Waals surface area (Å²) in [5.74, 6) is 0. The molecule has 0 amide bonds. The molecule has 2 atom stereocenters. The zero-order valence-corrected chi connectivity index (χ0v) is 11.1. The molecule has 1 aliphatic rings. The lowest BCUT2D eigenvalue weighted by atomic mass is 9.97. The lowest BCUT2D eigenvalue weighted by Gasteiger charge is -2.10. The van der Waals surface area contributed by atoms with Crippen molar-refractivity contribution in [1.82, 2.24) is 10.9 Å². The lowest BCUT2D eigenvalue weighted by Crippen LogP contribution is -2.26. The molecule has 0 bridgehead atoms. The molecule has 0 aliphatic carbocycles. The Kier molecular flexibility index (Phi) is 3.23. The fraction of sp³-hybridized carbons (Fsp3) is 0.250. The summed E-state index contributed by atoms with van der Waals surface area (Å²) in [7, 11) is 0. The van der Waals surface area contributed by atoms with Crippen LogP contribution in [0.25, 0.3) is 0 Å². The molecule has 0 saturated carbocycles. The Bertz CT molecular complexity index is 494. The molecule has 1 fully saturated rings. The number of hydrazine groups is 1. The van der Waals surface area contributed by atoms with Gasteiger partial charge in [0.05, 0.1) is 0 Å². The number of hydrogen-bond donors (Lipinski definition) is 3. The highest BCUT2D eigenvalue weighted by atomic mass is 15.4. The lowest BCUT2D eigenvalue weighted by molar-refractivity contribution is 0.555. The molecule has 0 spiro atoms. The fourth-order valence-corrected chi connectivity index (χ4v) is 2.52. The van der Waals surface area contributed by atoms with Crippen LogP contribution in [0.1, 0.15) is 35.2 Å². The van der Waals surface area contributed by atoms with Gasteiger partial charge in [0.1, 0.15) is 0 Å². The first-order valence-electron chi connectivity index (χ1n) is 6.65. The van der Waals surface area contributed by atoms with Crippen molar-refractivity contribution in [2.24, 2.45) is 0 Å². The largest absolute Gasteiger partial charge is 0.399 e. The second-order valence-electron chi connectivity index (χ2n) is 5.21. The highest BCUT2D eigenvalue weighted by Crippen LogP contribution is 2.30. The summed E-state index contributed by atoms with van der Waals surface area (Å²) >= 11 is 0. The van der Waals surface area contributed by atoms with Crippen LogP contribution in [0.2, 0.25) is 0 Å². The minimum atomic E-state index is 0.340. The standard InChI is InChI=1S/C16H19N3/c1-11-2-4-12(5-3-11)15-10-16(19-18-15)13-6-8-14(17)9-7-13/h2-9,15-16,18-19H,10,17H2,1H3. The third kappa shape index (κ3) is 2.62. The summed E-state index contributed by atoms with van der Waals surface area (Å²) in [6, 6.07) is 17.5. The number of nitrogen functional groups attached to an aromatic ring is 1. The third-order valence-electron chi connectivity index (χ3n) is 3.72. The van der Waals surface area contributed by atoms with Gasteiger partial charge in [-0.2, -0.15) is 0 Å². The van der Waals surface area contributed by atoms with Crippen LogP contribution in [0.3, 0.4) is 0 Å². The van der Waals surface area contributed by atoms with Gasteiger partial charge in [-0.25, -0.2) is 10.9 Å². The summed E-state index contributed by atoms with van der Waals surface area (Å²) in [5, 5.41) is 0. The summed E-state index contributed by atoms with van der Waals surface area (Å²) in [6.07, 6.45) is 1.05. The molecule has 1 saturated heterocycles. The predicted molar refractivity (Wildman–Crippen MR) is 78.4 cm³/mol. The molecule has 19 heavy (non-hydrogen) atoms. The van der Waals surface area contributed by atoms with Crippen molar-refractivity contribution in [2.45, 2.75) is 25.4 Å². The molecule has 3 rings (SSSR count). The van der Waals surface area contributed by atoms with Crippen LogP contribution in [0, 0.1) is 6.92 Å². The van der Waals surface area contributed by atoms with Crippen LogP contribution in [0.4, 0.5) is 5.69 Å². The van der Waals surface area contributed by atoms with Crippen LogP contribution in [0.15, 0.2) is 48.5 Å². The van der Waals surface area contributed by atoms with Crippen molar-refractivity contribution in [3.05, 3.63) is 65.2 Å². The average molecular weight is 253 g/mol. The zero-order chi connectivity index (χ0) is 13.2. The first-order valence-corrected chi connectivity index (χ1v) is 6.65. The predicted octanol–water partition coefficient (Wildman–Crippen LogP) is 2.86. The van der Waals surface area contributed by atoms with Gasteiger partial charge in [0, 0.05) is 17.8 Å². The number of aryl methyl sites for hydroxylation is 1. The van der Waals surface area contributed by atoms with Crippen LogP contribution in [-0.4, -0.2) is 0 Å². The van der Waals surface area contributed by atoms with Crippen LogP contribution >= 0.6 is 0 Å². The quantitative estimate of drug-likeness (QED) is 0.721. The normalized spacial score (nSPS) is 22.6. The van der Waals surface area contributed by atoms with Crippen LogP contribution < -0.4 is 16.6 Å². The monoisotopic (exact) mass is 253 g/mol. The number of nitrogens with one attached hydrogen (secondary N) is 2. The van der Waals surface area contributed by atoms with Gasteiger partial charge in [-0.3, -0.25) is 0 Å². The van der Waals surface area contributed by atoms with E-state index in [0.29, 0.717) is 12.1 Å². The molecule has 3 nitrogen and oxygen atoms in total. The van der Waals surface area contributed by atoms with E-state index in [9.17, 15) is 0 Å². The third-order valence-corrected chi connectivity index (χ3v) is 3.72. The molecule has 98 valence electrons. The molecular weight excluding hydrogens is 234 g/mol. The van der Waals surface area contributed by atoms with Crippen molar-refractivity contribution < 1.29 is 0 Å². The Morgan fingerprint density at radius 1 is 0.842 bits per heavy atom. The maximum Gasteiger partial charge on any atom is 0.0481 e. The summed E-state index contributed by atoms with van der Waals surface area (Å²) in [5.41, 5.74) is 17.2. The first-order chi connectivity index (χ1) is 9.22. The van der Waals surface area contributed by atoms with Crippen molar-refractivity contribution in [3.63, 3.8) is 0 Å². The van der Waals surface area contributed by atoms with Gasteiger partial charge in [-0.05, 0) is 36.6 Å². The van der Waals surface area contributed by atoms with E-state index in [2.05, 4.69) is 54.2 Å². The van der Waals surface area contributed by atoms with E-state index < -0.39 is 0 Å². The van der Waals surface area contributed by atoms with Crippen molar-refractivity contribution in [1.29, 1.82) is 0 Å². The summed E-state index contributed by atoms with van der Waals surface area (Å²) in [6.45, 7) is 2.11. The van der Waals surface area contributed by atoms with Gasteiger partial charge in [-0.15, -0.1) is 0 Å². The maximum absolute atomic E-state index is 5.72. The minimum absolute atomic E-state index is 0.340. The molecule has 2 aromatic rings. The highest BCUT2D eigenvalue weighted by molar-refractivity contribution is 5.40. The second kappa shape index (κ2) is 5.03. The Balaban J connectivity index is 1.73. The second-order valence-corrected chi connectivity index (χ2v) is 5.21. The summed E-state index contributed by atoms with van der Waals surface area (Å²) < 4.78 is 0. The van der Waals surface area contributed by atoms with Gasteiger partial charge < -0.3 is 5.73 Å². The van der Waals surface area contributed by atoms with Gasteiger partial charge in [0.25, 0.3) is 0 Å². The van der Waals surface area contributed by atoms with E-state index in [0.717, 1.165) is 12.1 Å². The first kappa shape index (κ1) is 12.2. The van der Waals surface area contributed by atoms with Gasteiger partial charge in [-0.1, -0.05) is 42.0 Å². The number of rotatable bonds is 2. The molecule has 2 aromatic carbocycles. The zero-order valence-electron chi connectivity index (χ0n) is 11.1. The summed E-state index contributed by atoms with van der Waals surface area (Å²) in [4.78, 5) is 0. The highest BCUT2D eigenvalue weighted by Gasteiger charge is 2.25. The maximum atomic E-state index is 5.72. The minimum Gasteiger partial charge on any atom is -0.399 e. The SMILES string of the molecule is Cc1ccc(C2CC(c3ccc(N)cc3)NN2)cc1. The molecular formula is C16H19N3. The number of nitrogens with two attached hydrogens (primary N) is 1. The van der Waals surface area contributed by atoms with E-state index in [-0.39, 0.29) is 0 Å². The van der Waals surface area contributed by atoms with E-state index in [1.807, 2.05) is 12.1 Å². The van der Waals surface area contributed by atoms with Crippen molar-refractivity contribution >= 4 is 5.69 Å². The van der Waals surface area contributed by atoms with E-state index in [4.69, 9.17) is 5.73 Å². The average Bonchev–Trinajstić information content (AvgIpc) is 2.90.